The smallest absolute Gasteiger partial charge is 0.471 e. The average Bonchev–Trinajstić information content (AvgIpc) is 2.95. The Bertz CT molecular complexity index is 622. The maximum atomic E-state index is 12.5. The summed E-state index contributed by atoms with van der Waals surface area (Å²) >= 11 is 5.92. The second kappa shape index (κ2) is 6.66. The van der Waals surface area contributed by atoms with Crippen LogP contribution in [0.5, 0.6) is 5.75 Å². The Hall–Kier alpha value is -1.96. The standard InChI is InChI=1S/C14H14ClF3N2O3/c1-23-11-5-4-8(7-9(11)15)19-12(21)10-3-2-6-20(10)13(22)14(16,17)18/h4-5,7,10H,2-3,6H2,1H3,(H,19,21). The molecule has 1 aromatic carbocycles. The van der Waals surface area contributed by atoms with Crippen LogP contribution in [0.15, 0.2) is 18.2 Å². The number of carbonyl (C=O) groups is 2. The number of amides is 2. The zero-order valence-corrected chi connectivity index (χ0v) is 12.9. The van der Waals surface area contributed by atoms with Crippen molar-refractivity contribution in [3.8, 4) is 5.75 Å². The lowest BCUT2D eigenvalue weighted by atomic mass is 10.2. The van der Waals surface area contributed by atoms with Crippen LogP contribution in [0.3, 0.4) is 0 Å². The van der Waals surface area contributed by atoms with Gasteiger partial charge in [-0.3, -0.25) is 9.59 Å². The number of alkyl halides is 3. The minimum Gasteiger partial charge on any atom is -0.495 e. The predicted molar refractivity (Wildman–Crippen MR) is 77.4 cm³/mol. The number of carbonyl (C=O) groups excluding carboxylic acids is 2. The van der Waals surface area contributed by atoms with Gasteiger partial charge in [0.15, 0.2) is 0 Å². The van der Waals surface area contributed by atoms with Crippen molar-refractivity contribution in [3.63, 3.8) is 0 Å². The molecule has 5 nitrogen and oxygen atoms in total. The monoisotopic (exact) mass is 350 g/mol. The van der Waals surface area contributed by atoms with Gasteiger partial charge in [-0.05, 0) is 31.0 Å². The van der Waals surface area contributed by atoms with Gasteiger partial charge in [0, 0.05) is 12.2 Å². The number of nitrogens with zero attached hydrogens (tertiary/aromatic N) is 1. The van der Waals surface area contributed by atoms with Gasteiger partial charge in [-0.15, -0.1) is 0 Å². The third-order valence-corrected chi connectivity index (χ3v) is 3.77. The molecule has 1 heterocycles. The largest absolute Gasteiger partial charge is 0.495 e. The molecular weight excluding hydrogens is 337 g/mol. The first-order chi connectivity index (χ1) is 10.7. The van der Waals surface area contributed by atoms with E-state index in [0.29, 0.717) is 22.8 Å². The fourth-order valence-corrected chi connectivity index (χ4v) is 2.67. The zero-order valence-electron chi connectivity index (χ0n) is 12.1. The molecule has 0 saturated carbocycles. The van der Waals surface area contributed by atoms with Crippen molar-refractivity contribution in [2.45, 2.75) is 25.1 Å². The number of nitrogens with one attached hydrogen (secondary N) is 1. The minimum atomic E-state index is -4.99. The molecule has 0 aromatic heterocycles. The molecular formula is C14H14ClF3N2O3. The first-order valence-electron chi connectivity index (χ1n) is 6.76. The fraction of sp³-hybridized carbons (Fsp3) is 0.429. The lowest BCUT2D eigenvalue weighted by molar-refractivity contribution is -0.186. The quantitative estimate of drug-likeness (QED) is 0.912. The molecule has 1 unspecified atom stereocenters. The van der Waals surface area contributed by atoms with Crippen LogP contribution >= 0.6 is 11.6 Å². The van der Waals surface area contributed by atoms with E-state index < -0.39 is 24.0 Å². The van der Waals surface area contributed by atoms with Crippen LogP contribution in [-0.2, 0) is 9.59 Å². The Kier molecular flexibility index (Phi) is 5.03. The molecule has 0 aliphatic carbocycles. The molecule has 1 aliphatic heterocycles. The van der Waals surface area contributed by atoms with Crippen molar-refractivity contribution < 1.29 is 27.5 Å². The van der Waals surface area contributed by atoms with Gasteiger partial charge in [0.05, 0.1) is 12.1 Å². The van der Waals surface area contributed by atoms with Crippen LogP contribution in [0.2, 0.25) is 5.02 Å². The molecule has 1 N–H and O–H groups in total. The molecule has 9 heteroatoms. The zero-order chi connectivity index (χ0) is 17.2. The average molecular weight is 351 g/mol. The van der Waals surface area contributed by atoms with Crippen molar-refractivity contribution in [2.24, 2.45) is 0 Å². The second-order valence-electron chi connectivity index (χ2n) is 4.99. The van der Waals surface area contributed by atoms with Crippen molar-refractivity contribution in [2.75, 3.05) is 19.0 Å². The number of halogens is 4. The van der Waals surface area contributed by atoms with E-state index >= 15 is 0 Å². The van der Waals surface area contributed by atoms with E-state index in [-0.39, 0.29) is 18.0 Å². The van der Waals surface area contributed by atoms with E-state index in [1.807, 2.05) is 0 Å². The highest BCUT2D eigenvalue weighted by molar-refractivity contribution is 6.32. The van der Waals surface area contributed by atoms with E-state index in [0.717, 1.165) is 0 Å². The molecule has 126 valence electrons. The topological polar surface area (TPSA) is 58.6 Å². The normalized spacial score (nSPS) is 18.0. The highest BCUT2D eigenvalue weighted by Crippen LogP contribution is 2.29. The lowest BCUT2D eigenvalue weighted by Gasteiger charge is -2.24. The highest BCUT2D eigenvalue weighted by atomic mass is 35.5. The van der Waals surface area contributed by atoms with Crippen molar-refractivity contribution in [1.82, 2.24) is 4.90 Å². The number of likely N-dealkylation sites (tertiary alicyclic amines) is 1. The van der Waals surface area contributed by atoms with Crippen LogP contribution in [-0.4, -0.2) is 42.6 Å². The fourth-order valence-electron chi connectivity index (χ4n) is 2.41. The van der Waals surface area contributed by atoms with E-state index in [9.17, 15) is 22.8 Å². The predicted octanol–water partition coefficient (Wildman–Crippen LogP) is 2.84. The summed E-state index contributed by atoms with van der Waals surface area (Å²) in [7, 11) is 1.43. The van der Waals surface area contributed by atoms with Gasteiger partial charge in [0.2, 0.25) is 5.91 Å². The summed E-state index contributed by atoms with van der Waals surface area (Å²) in [6, 6.07) is 3.30. The molecule has 2 rings (SSSR count). The highest BCUT2D eigenvalue weighted by Gasteiger charge is 2.47. The first kappa shape index (κ1) is 17.4. The molecule has 1 atom stereocenters. The van der Waals surface area contributed by atoms with E-state index in [1.165, 1.54) is 25.3 Å². The van der Waals surface area contributed by atoms with E-state index in [2.05, 4.69) is 5.32 Å². The van der Waals surface area contributed by atoms with Gasteiger partial charge in [0.1, 0.15) is 11.8 Å². The number of methoxy groups -OCH3 is 1. The van der Waals surface area contributed by atoms with Crippen LogP contribution in [0.4, 0.5) is 18.9 Å². The summed E-state index contributed by atoms with van der Waals surface area (Å²) in [5.41, 5.74) is 0.312. The Morgan fingerprint density at radius 3 is 2.65 bits per heavy atom. The van der Waals surface area contributed by atoms with Crippen molar-refractivity contribution in [3.05, 3.63) is 23.2 Å². The Morgan fingerprint density at radius 2 is 2.09 bits per heavy atom. The number of ether oxygens (including phenoxy) is 1. The molecule has 1 saturated heterocycles. The third kappa shape index (κ3) is 3.87. The Balaban J connectivity index is 2.10. The molecule has 0 spiro atoms. The summed E-state index contributed by atoms with van der Waals surface area (Å²) in [4.78, 5) is 24.1. The molecule has 0 bridgehead atoms. The van der Waals surface area contributed by atoms with Gasteiger partial charge in [-0.1, -0.05) is 11.6 Å². The van der Waals surface area contributed by atoms with Crippen molar-refractivity contribution >= 4 is 29.1 Å². The minimum absolute atomic E-state index is 0.0974. The van der Waals surface area contributed by atoms with Gasteiger partial charge < -0.3 is 15.0 Å². The number of hydrogen-bond acceptors (Lipinski definition) is 3. The van der Waals surface area contributed by atoms with Crippen molar-refractivity contribution in [1.29, 1.82) is 0 Å². The number of rotatable bonds is 3. The molecule has 1 aliphatic rings. The maximum Gasteiger partial charge on any atom is 0.471 e. The SMILES string of the molecule is COc1ccc(NC(=O)C2CCCN2C(=O)C(F)(F)F)cc1Cl. The summed E-state index contributed by atoms with van der Waals surface area (Å²) < 4.78 is 42.6. The first-order valence-corrected chi connectivity index (χ1v) is 7.14. The maximum absolute atomic E-state index is 12.5. The van der Waals surface area contributed by atoms with E-state index in [4.69, 9.17) is 16.3 Å². The summed E-state index contributed by atoms with van der Waals surface area (Å²) in [6.45, 7) is -0.0974. The summed E-state index contributed by atoms with van der Waals surface area (Å²) in [5.74, 6) is -2.27. The van der Waals surface area contributed by atoms with E-state index in [1.54, 1.807) is 0 Å². The lowest BCUT2D eigenvalue weighted by Crippen LogP contribution is -2.48. The molecule has 2 amide bonds. The van der Waals surface area contributed by atoms with Crippen LogP contribution in [0, 0.1) is 0 Å². The second-order valence-corrected chi connectivity index (χ2v) is 5.40. The Labute approximate surface area is 135 Å². The molecule has 1 aromatic rings. The summed E-state index contributed by atoms with van der Waals surface area (Å²) in [5, 5.41) is 2.72. The summed E-state index contributed by atoms with van der Waals surface area (Å²) in [6.07, 6.45) is -4.48. The molecule has 1 fully saturated rings. The van der Waals surface area contributed by atoms with Crippen LogP contribution in [0.25, 0.3) is 0 Å². The van der Waals surface area contributed by atoms with Gasteiger partial charge in [-0.2, -0.15) is 13.2 Å². The molecule has 0 radical (unpaired) electrons. The number of benzene rings is 1. The van der Waals surface area contributed by atoms with Crippen LogP contribution < -0.4 is 10.1 Å². The van der Waals surface area contributed by atoms with Crippen LogP contribution in [0.1, 0.15) is 12.8 Å². The number of anilines is 1. The number of hydrogen-bond donors (Lipinski definition) is 1. The Morgan fingerprint density at radius 1 is 1.39 bits per heavy atom. The van der Waals surface area contributed by atoms with Gasteiger partial charge in [-0.25, -0.2) is 0 Å². The molecule has 23 heavy (non-hydrogen) atoms. The van der Waals surface area contributed by atoms with Gasteiger partial charge in [0.25, 0.3) is 0 Å². The van der Waals surface area contributed by atoms with Gasteiger partial charge >= 0.3 is 12.1 Å². The third-order valence-electron chi connectivity index (χ3n) is 3.48.